The topological polar surface area (TPSA) is 54.3 Å². The minimum Gasteiger partial charge on any atom is -0.395 e. The largest absolute Gasteiger partial charge is 0.395 e. The Morgan fingerprint density at radius 1 is 1.18 bits per heavy atom. The number of nitrogens with zero attached hydrogens (tertiary/aromatic N) is 1. The van der Waals surface area contributed by atoms with Gasteiger partial charge < -0.3 is 15.0 Å². The van der Waals surface area contributed by atoms with E-state index in [0.717, 1.165) is 33.4 Å². The van der Waals surface area contributed by atoms with Gasteiger partial charge in [-0.15, -0.1) is 0 Å². The standard InChI is InChI=1S/C18H16N2O2/c21-10-9-20-17-4-2-1-3-13(17)14-7-8-19-16-6-5-12(22)11-15(16)18(14)20/h1-8,19,21H,9-11H2. The van der Waals surface area contributed by atoms with Crippen molar-refractivity contribution in [2.24, 2.45) is 0 Å². The van der Waals surface area contributed by atoms with Crippen molar-refractivity contribution >= 4 is 28.3 Å². The molecule has 0 saturated carbocycles. The Kier molecular flexibility index (Phi) is 2.98. The molecule has 4 nitrogen and oxygen atoms in total. The number of rotatable bonds is 2. The van der Waals surface area contributed by atoms with Crippen LogP contribution in [0, 0.1) is 0 Å². The number of para-hydroxylation sites is 1. The predicted octanol–water partition coefficient (Wildman–Crippen LogP) is 2.45. The lowest BCUT2D eigenvalue weighted by molar-refractivity contribution is -0.113. The van der Waals surface area contributed by atoms with E-state index in [-0.39, 0.29) is 12.4 Å². The highest BCUT2D eigenvalue weighted by Crippen LogP contribution is 2.37. The molecule has 0 unspecified atom stereocenters. The van der Waals surface area contributed by atoms with E-state index in [1.807, 2.05) is 30.5 Å². The van der Waals surface area contributed by atoms with Crippen LogP contribution in [-0.4, -0.2) is 22.1 Å². The molecule has 0 fully saturated rings. The van der Waals surface area contributed by atoms with E-state index in [4.69, 9.17) is 0 Å². The van der Waals surface area contributed by atoms with E-state index < -0.39 is 0 Å². The fraction of sp³-hybridized carbons (Fsp3) is 0.167. The molecule has 110 valence electrons. The molecule has 0 amide bonds. The Bertz CT molecular complexity index is 869. The van der Waals surface area contributed by atoms with Gasteiger partial charge in [0.05, 0.1) is 12.3 Å². The Hall–Kier alpha value is -2.59. The summed E-state index contributed by atoms with van der Waals surface area (Å²) in [6.07, 6.45) is 7.79. The zero-order chi connectivity index (χ0) is 15.1. The van der Waals surface area contributed by atoms with E-state index in [9.17, 15) is 9.90 Å². The summed E-state index contributed by atoms with van der Waals surface area (Å²) in [5, 5.41) is 13.9. The van der Waals surface area contributed by atoms with Crippen molar-refractivity contribution in [3.8, 4) is 0 Å². The highest BCUT2D eigenvalue weighted by Gasteiger charge is 2.25. The van der Waals surface area contributed by atoms with Gasteiger partial charge in [0.1, 0.15) is 0 Å². The number of benzene rings is 1. The van der Waals surface area contributed by atoms with Crippen LogP contribution in [0.2, 0.25) is 0 Å². The van der Waals surface area contributed by atoms with Crippen LogP contribution in [-0.2, 0) is 11.3 Å². The van der Waals surface area contributed by atoms with Gasteiger partial charge in [-0.1, -0.05) is 18.2 Å². The fourth-order valence-electron chi connectivity index (χ4n) is 3.32. The molecule has 1 aromatic carbocycles. The minimum atomic E-state index is 0.0641. The van der Waals surface area contributed by atoms with Crippen LogP contribution in [0.3, 0.4) is 0 Å². The number of hydrogen-bond acceptors (Lipinski definition) is 3. The van der Waals surface area contributed by atoms with Gasteiger partial charge in [-0.2, -0.15) is 0 Å². The molecule has 2 aliphatic rings. The van der Waals surface area contributed by atoms with E-state index >= 15 is 0 Å². The molecule has 2 heterocycles. The molecule has 1 aliphatic heterocycles. The van der Waals surface area contributed by atoms with Gasteiger partial charge in [-0.25, -0.2) is 0 Å². The van der Waals surface area contributed by atoms with Crippen molar-refractivity contribution in [1.82, 2.24) is 9.88 Å². The second kappa shape index (κ2) is 5.00. The van der Waals surface area contributed by atoms with Crippen molar-refractivity contribution in [3.05, 3.63) is 59.6 Å². The molecule has 0 spiro atoms. The molecular weight excluding hydrogens is 276 g/mol. The normalized spacial score (nSPS) is 16.5. The van der Waals surface area contributed by atoms with E-state index in [1.54, 1.807) is 6.08 Å². The van der Waals surface area contributed by atoms with Gasteiger partial charge in [0.2, 0.25) is 0 Å². The third kappa shape index (κ3) is 1.84. The highest BCUT2D eigenvalue weighted by molar-refractivity contribution is 6.05. The molecule has 4 rings (SSSR count). The summed E-state index contributed by atoms with van der Waals surface area (Å²) in [5.74, 6) is 0.106. The average Bonchev–Trinajstić information content (AvgIpc) is 2.71. The Labute approximate surface area is 128 Å². The Balaban J connectivity index is 2.08. The van der Waals surface area contributed by atoms with Gasteiger partial charge in [0.25, 0.3) is 0 Å². The number of hydrogen-bond donors (Lipinski definition) is 2. The first-order valence-electron chi connectivity index (χ1n) is 7.39. The van der Waals surface area contributed by atoms with Crippen LogP contribution in [0.4, 0.5) is 0 Å². The summed E-state index contributed by atoms with van der Waals surface area (Å²) < 4.78 is 2.11. The van der Waals surface area contributed by atoms with E-state index in [0.29, 0.717) is 13.0 Å². The molecule has 0 bridgehead atoms. The second-order valence-corrected chi connectivity index (χ2v) is 5.50. The van der Waals surface area contributed by atoms with E-state index in [1.165, 1.54) is 0 Å². The number of allylic oxidation sites excluding steroid dienone is 3. The molecule has 1 aliphatic carbocycles. The number of nitrogens with one attached hydrogen (secondary N) is 1. The highest BCUT2D eigenvalue weighted by atomic mass is 16.3. The van der Waals surface area contributed by atoms with Gasteiger partial charge >= 0.3 is 0 Å². The Morgan fingerprint density at radius 3 is 2.91 bits per heavy atom. The fourth-order valence-corrected chi connectivity index (χ4v) is 3.32. The summed E-state index contributed by atoms with van der Waals surface area (Å²) in [6.45, 7) is 0.576. The van der Waals surface area contributed by atoms with Gasteiger partial charge in [-0.05, 0) is 24.3 Å². The van der Waals surface area contributed by atoms with Gasteiger partial charge in [0, 0.05) is 46.9 Å². The number of carbonyl (C=O) groups excluding carboxylic acids is 1. The van der Waals surface area contributed by atoms with Crippen LogP contribution in [0.5, 0.6) is 0 Å². The number of aliphatic hydroxyl groups is 1. The minimum absolute atomic E-state index is 0.0641. The van der Waals surface area contributed by atoms with E-state index in [2.05, 4.69) is 22.0 Å². The Morgan fingerprint density at radius 2 is 2.05 bits per heavy atom. The van der Waals surface area contributed by atoms with Gasteiger partial charge in [-0.3, -0.25) is 4.79 Å². The third-order valence-electron chi connectivity index (χ3n) is 4.22. The summed E-state index contributed by atoms with van der Waals surface area (Å²) in [5.41, 5.74) is 5.17. The lowest BCUT2D eigenvalue weighted by atomic mass is 9.96. The molecule has 4 heteroatoms. The zero-order valence-corrected chi connectivity index (χ0v) is 12.0. The van der Waals surface area contributed by atoms with Crippen LogP contribution in [0.25, 0.3) is 22.6 Å². The van der Waals surface area contributed by atoms with Crippen LogP contribution < -0.4 is 5.32 Å². The van der Waals surface area contributed by atoms with Gasteiger partial charge in [0.15, 0.2) is 5.78 Å². The molecular formula is C18H16N2O2. The SMILES string of the molecule is O=C1C=CC2=C(C1)c1c(c3ccccc3n1CCO)C=CN2. The summed E-state index contributed by atoms with van der Waals surface area (Å²) in [6, 6.07) is 8.15. The molecule has 2 N–H and O–H groups in total. The quantitative estimate of drug-likeness (QED) is 0.894. The number of aliphatic hydroxyl groups excluding tert-OH is 1. The zero-order valence-electron chi connectivity index (χ0n) is 12.0. The molecule has 2 aromatic rings. The maximum Gasteiger partial charge on any atom is 0.160 e. The molecule has 22 heavy (non-hydrogen) atoms. The predicted molar refractivity (Wildman–Crippen MR) is 86.9 cm³/mol. The van der Waals surface area contributed by atoms with Crippen LogP contribution >= 0.6 is 0 Å². The monoisotopic (exact) mass is 292 g/mol. The molecule has 1 aromatic heterocycles. The summed E-state index contributed by atoms with van der Waals surface area (Å²) in [7, 11) is 0. The smallest absolute Gasteiger partial charge is 0.160 e. The molecule has 0 atom stereocenters. The lowest BCUT2D eigenvalue weighted by Crippen LogP contribution is -2.14. The molecule has 0 saturated heterocycles. The summed E-state index contributed by atoms with van der Waals surface area (Å²) >= 11 is 0. The third-order valence-corrected chi connectivity index (χ3v) is 4.22. The summed E-state index contributed by atoms with van der Waals surface area (Å²) in [4.78, 5) is 11.9. The van der Waals surface area contributed by atoms with Crippen molar-refractivity contribution in [2.45, 2.75) is 13.0 Å². The van der Waals surface area contributed by atoms with Crippen molar-refractivity contribution in [3.63, 3.8) is 0 Å². The lowest BCUT2D eigenvalue weighted by Gasteiger charge is -2.17. The van der Waals surface area contributed by atoms with Crippen molar-refractivity contribution in [2.75, 3.05) is 6.61 Å². The number of aromatic nitrogens is 1. The van der Waals surface area contributed by atoms with Crippen molar-refractivity contribution in [1.29, 1.82) is 0 Å². The second-order valence-electron chi connectivity index (χ2n) is 5.50. The average molecular weight is 292 g/mol. The number of fused-ring (bicyclic) bond motifs is 4. The van der Waals surface area contributed by atoms with Crippen LogP contribution in [0.1, 0.15) is 17.7 Å². The maximum absolute atomic E-state index is 11.9. The first-order chi connectivity index (χ1) is 10.8. The maximum atomic E-state index is 11.9. The first-order valence-corrected chi connectivity index (χ1v) is 7.39. The number of ketones is 1. The number of carbonyl (C=O) groups is 1. The molecule has 0 radical (unpaired) electrons. The first kappa shape index (κ1) is 13.1. The van der Waals surface area contributed by atoms with Crippen LogP contribution in [0.15, 0.2) is 48.3 Å². The van der Waals surface area contributed by atoms with Crippen molar-refractivity contribution < 1.29 is 9.90 Å².